The van der Waals surface area contributed by atoms with E-state index >= 15 is 0 Å². The van der Waals surface area contributed by atoms with Gasteiger partial charge >= 0.3 is 0 Å². The third-order valence-electron chi connectivity index (χ3n) is 7.69. The molecule has 3 atom stereocenters. The largest absolute Gasteiger partial charge is 0.494 e. The van der Waals surface area contributed by atoms with Crippen molar-refractivity contribution in [3.8, 4) is 5.75 Å². The molecule has 1 amide bonds. The van der Waals surface area contributed by atoms with Gasteiger partial charge in [0.1, 0.15) is 0 Å². The third-order valence-corrected chi connectivity index (χ3v) is 7.69. The smallest absolute Gasteiger partial charge is 0.228 e. The van der Waals surface area contributed by atoms with Crippen LogP contribution in [0.3, 0.4) is 0 Å². The monoisotopic (exact) mass is 433 g/mol. The number of benzene rings is 1. The van der Waals surface area contributed by atoms with Gasteiger partial charge in [-0.1, -0.05) is 13.0 Å². The first-order chi connectivity index (χ1) is 15.1. The van der Waals surface area contributed by atoms with E-state index in [4.69, 9.17) is 9.47 Å². The molecule has 1 saturated carbocycles. The van der Waals surface area contributed by atoms with Crippen LogP contribution >= 0.6 is 0 Å². The van der Waals surface area contributed by atoms with E-state index in [0.29, 0.717) is 18.5 Å². The Bertz CT molecular complexity index is 770. The number of hydrogen-bond acceptors (Lipinski definition) is 5. The van der Waals surface area contributed by atoms with Crippen molar-refractivity contribution in [1.82, 2.24) is 15.1 Å². The quantitative estimate of drug-likeness (QED) is 0.748. The molecule has 0 bridgehead atoms. The molecule has 2 heterocycles. The van der Waals surface area contributed by atoms with Crippen LogP contribution in [0.1, 0.15) is 38.2 Å². The molecule has 0 unspecified atom stereocenters. The van der Waals surface area contributed by atoms with Gasteiger partial charge in [0, 0.05) is 32.2 Å². The Hall–Kier alpha value is -1.70. The van der Waals surface area contributed by atoms with Crippen molar-refractivity contribution in [2.45, 2.75) is 45.2 Å². The summed E-state index contributed by atoms with van der Waals surface area (Å²) in [4.78, 5) is 18.6. The van der Waals surface area contributed by atoms with Crippen LogP contribution in [0.2, 0.25) is 0 Å². The molecule has 4 rings (SSSR count). The van der Waals surface area contributed by atoms with Gasteiger partial charge in [0.25, 0.3) is 0 Å². The molecule has 1 aliphatic carbocycles. The average molecular weight is 434 g/mol. The number of hydrogen-bond donors (Lipinski definition) is 1. The Morgan fingerprint density at radius 1 is 1.29 bits per heavy atom. The maximum Gasteiger partial charge on any atom is 0.228 e. The van der Waals surface area contributed by atoms with E-state index in [-0.39, 0.29) is 17.1 Å². The molecule has 31 heavy (non-hydrogen) atoms. The first-order valence-electron chi connectivity index (χ1n) is 11.7. The van der Waals surface area contributed by atoms with Crippen molar-refractivity contribution in [2.75, 3.05) is 53.0 Å². The number of likely N-dealkylation sites (tertiary alicyclic amines) is 1. The summed E-state index contributed by atoms with van der Waals surface area (Å²) in [5.41, 5.74) is 0.409. The minimum atomic E-state index is -0.397. The molecule has 172 valence electrons. The molecule has 3 aliphatic rings. The van der Waals surface area contributed by atoms with Gasteiger partial charge < -0.3 is 19.7 Å². The Kier molecular flexibility index (Phi) is 7.14. The van der Waals surface area contributed by atoms with E-state index in [2.05, 4.69) is 22.0 Å². The van der Waals surface area contributed by atoms with Gasteiger partial charge in [0.2, 0.25) is 5.91 Å². The van der Waals surface area contributed by atoms with E-state index in [0.717, 1.165) is 77.2 Å². The summed E-state index contributed by atoms with van der Waals surface area (Å²) >= 11 is 0. The summed E-state index contributed by atoms with van der Waals surface area (Å²) in [5, 5.41) is 3.16. The first kappa shape index (κ1) is 22.5. The summed E-state index contributed by atoms with van der Waals surface area (Å²) < 4.78 is 24.6. The minimum Gasteiger partial charge on any atom is -0.494 e. The lowest BCUT2D eigenvalue weighted by molar-refractivity contribution is -0.145. The highest BCUT2D eigenvalue weighted by Crippen LogP contribution is 2.48. The number of piperidine rings is 1. The van der Waals surface area contributed by atoms with Crippen molar-refractivity contribution in [2.24, 2.45) is 11.3 Å². The van der Waals surface area contributed by atoms with Gasteiger partial charge in [-0.3, -0.25) is 9.69 Å². The van der Waals surface area contributed by atoms with E-state index in [1.807, 2.05) is 6.07 Å². The molecule has 1 N–H and O–H groups in total. The molecule has 6 nitrogen and oxygen atoms in total. The van der Waals surface area contributed by atoms with Gasteiger partial charge in [0.15, 0.2) is 11.6 Å². The van der Waals surface area contributed by atoms with Crippen molar-refractivity contribution < 1.29 is 18.7 Å². The maximum atomic E-state index is 14.1. The minimum absolute atomic E-state index is 0.132. The molecular formula is C24H36FN3O3. The van der Waals surface area contributed by atoms with Crippen molar-refractivity contribution in [3.63, 3.8) is 0 Å². The standard InChI is InChI=1S/C24H36FN3O3/c1-3-27-9-7-19-15-20(28-10-12-31-13-11-28)6-8-24(19,17-27)23(29)26-16-18-4-5-22(30-2)21(25)14-18/h4-5,14,19-20H,3,6-13,15-17H2,1-2H3,(H,26,29)/t19-,20+,24-/m1/s1. The van der Waals surface area contributed by atoms with Crippen LogP contribution in [0, 0.1) is 17.2 Å². The summed E-state index contributed by atoms with van der Waals surface area (Å²) in [6.45, 7) is 9.00. The number of fused-ring (bicyclic) bond motifs is 1. The second-order valence-corrected chi connectivity index (χ2v) is 9.24. The summed E-state index contributed by atoms with van der Waals surface area (Å²) in [7, 11) is 1.45. The molecule has 2 aliphatic heterocycles. The highest BCUT2D eigenvalue weighted by molar-refractivity contribution is 5.83. The number of rotatable bonds is 6. The normalized spacial score (nSPS) is 29.9. The number of methoxy groups -OCH3 is 1. The summed E-state index contributed by atoms with van der Waals surface area (Å²) in [6, 6.07) is 5.43. The van der Waals surface area contributed by atoms with E-state index in [1.54, 1.807) is 6.07 Å². The van der Waals surface area contributed by atoms with Gasteiger partial charge in [0.05, 0.1) is 25.7 Å². The van der Waals surface area contributed by atoms with E-state index in [1.165, 1.54) is 13.2 Å². The van der Waals surface area contributed by atoms with Crippen molar-refractivity contribution in [1.29, 1.82) is 0 Å². The number of ether oxygens (including phenoxy) is 2. The SMILES string of the molecule is CCN1CC[C@@H]2C[C@@H](N3CCOCC3)CC[C@@]2(C(=O)NCc2ccc(OC)c(F)c2)C1. The van der Waals surface area contributed by atoms with E-state index in [9.17, 15) is 9.18 Å². The van der Waals surface area contributed by atoms with Crippen LogP contribution in [0.4, 0.5) is 4.39 Å². The van der Waals surface area contributed by atoms with Crippen LogP contribution < -0.4 is 10.1 Å². The number of morpholine rings is 1. The lowest BCUT2D eigenvalue weighted by Crippen LogP contribution is -2.60. The van der Waals surface area contributed by atoms with Crippen LogP contribution in [-0.2, 0) is 16.1 Å². The third kappa shape index (κ3) is 4.73. The zero-order chi connectivity index (χ0) is 21.8. The average Bonchev–Trinajstić information content (AvgIpc) is 2.82. The summed E-state index contributed by atoms with van der Waals surface area (Å²) in [6.07, 6.45) is 4.12. The molecular weight excluding hydrogens is 397 g/mol. The molecule has 1 aromatic rings. The zero-order valence-electron chi connectivity index (χ0n) is 18.9. The number of halogens is 1. The zero-order valence-corrected chi connectivity index (χ0v) is 18.9. The van der Waals surface area contributed by atoms with Crippen molar-refractivity contribution in [3.05, 3.63) is 29.6 Å². The Labute approximate surface area is 185 Å². The fraction of sp³-hybridized carbons (Fsp3) is 0.708. The van der Waals surface area contributed by atoms with E-state index < -0.39 is 5.82 Å². The first-order valence-corrected chi connectivity index (χ1v) is 11.7. The van der Waals surface area contributed by atoms with Crippen LogP contribution in [0.5, 0.6) is 5.75 Å². The van der Waals surface area contributed by atoms with Gasteiger partial charge in [-0.2, -0.15) is 0 Å². The fourth-order valence-electron chi connectivity index (χ4n) is 5.81. The number of nitrogens with one attached hydrogen (secondary N) is 1. The molecule has 7 heteroatoms. The lowest BCUT2D eigenvalue weighted by Gasteiger charge is -2.53. The molecule has 0 radical (unpaired) electrons. The number of carbonyl (C=O) groups is 1. The molecule has 0 aromatic heterocycles. The highest BCUT2D eigenvalue weighted by Gasteiger charge is 2.52. The predicted octanol–water partition coefficient (Wildman–Crippen LogP) is 2.66. The van der Waals surface area contributed by atoms with Gasteiger partial charge in [-0.05, 0) is 62.4 Å². The Morgan fingerprint density at radius 2 is 2.10 bits per heavy atom. The van der Waals surface area contributed by atoms with Crippen LogP contribution in [0.25, 0.3) is 0 Å². The lowest BCUT2D eigenvalue weighted by atomic mass is 9.61. The number of nitrogens with zero attached hydrogens (tertiary/aromatic N) is 2. The van der Waals surface area contributed by atoms with Gasteiger partial charge in [-0.25, -0.2) is 4.39 Å². The summed E-state index contributed by atoms with van der Waals surface area (Å²) in [5.74, 6) is 0.351. The van der Waals surface area contributed by atoms with Gasteiger partial charge in [-0.15, -0.1) is 0 Å². The molecule has 2 saturated heterocycles. The molecule has 3 fully saturated rings. The highest BCUT2D eigenvalue weighted by atomic mass is 19.1. The topological polar surface area (TPSA) is 54.0 Å². The van der Waals surface area contributed by atoms with Crippen molar-refractivity contribution >= 4 is 5.91 Å². The number of carbonyl (C=O) groups excluding carboxylic acids is 1. The second-order valence-electron chi connectivity index (χ2n) is 9.24. The molecule has 0 spiro atoms. The maximum absolute atomic E-state index is 14.1. The fourth-order valence-corrected chi connectivity index (χ4v) is 5.81. The Balaban J connectivity index is 1.45. The van der Waals surface area contributed by atoms with Crippen LogP contribution in [-0.4, -0.2) is 74.8 Å². The predicted molar refractivity (Wildman–Crippen MR) is 117 cm³/mol. The molecule has 1 aromatic carbocycles. The van der Waals surface area contributed by atoms with Crippen LogP contribution in [0.15, 0.2) is 18.2 Å². The number of amides is 1. The Morgan fingerprint density at radius 3 is 2.81 bits per heavy atom. The second kappa shape index (κ2) is 9.84.